The lowest BCUT2D eigenvalue weighted by atomic mass is 9.73. The monoisotopic (exact) mass is 276 g/mol. The molecule has 0 radical (unpaired) electrons. The summed E-state index contributed by atoms with van der Waals surface area (Å²) >= 11 is 0. The van der Waals surface area contributed by atoms with E-state index in [4.69, 9.17) is 4.74 Å². The van der Waals surface area contributed by atoms with E-state index in [9.17, 15) is 4.79 Å². The van der Waals surface area contributed by atoms with E-state index in [-0.39, 0.29) is 11.4 Å². The highest BCUT2D eigenvalue weighted by molar-refractivity contribution is 5.73. The minimum atomic E-state index is -0.437. The van der Waals surface area contributed by atoms with E-state index in [1.807, 2.05) is 30.3 Å². The van der Waals surface area contributed by atoms with Crippen LogP contribution in [0.4, 0.5) is 0 Å². The Balaban J connectivity index is 2.78. The van der Waals surface area contributed by atoms with E-state index in [0.717, 1.165) is 12.0 Å². The minimum absolute atomic E-state index is 0.0797. The molecule has 0 N–H and O–H groups in total. The van der Waals surface area contributed by atoms with Crippen molar-refractivity contribution in [1.29, 1.82) is 0 Å². The summed E-state index contributed by atoms with van der Waals surface area (Å²) in [6.45, 7) is 12.8. The van der Waals surface area contributed by atoms with E-state index in [1.54, 1.807) is 0 Å². The molecule has 0 bridgehead atoms. The molecular formula is C18H28O2. The van der Waals surface area contributed by atoms with Crippen LogP contribution in [0, 0.1) is 11.3 Å². The van der Waals surface area contributed by atoms with Crippen LogP contribution in [-0.4, -0.2) is 11.6 Å². The highest BCUT2D eigenvalue weighted by Gasteiger charge is 2.41. The molecule has 2 heteroatoms. The van der Waals surface area contributed by atoms with Crippen molar-refractivity contribution in [2.45, 2.75) is 60.0 Å². The molecule has 0 aliphatic rings. The number of rotatable bonds is 5. The normalized spacial score (nSPS) is 14.9. The Kier molecular flexibility index (Phi) is 5.38. The van der Waals surface area contributed by atoms with Crippen molar-refractivity contribution >= 4 is 5.97 Å². The van der Waals surface area contributed by atoms with Crippen molar-refractivity contribution < 1.29 is 9.53 Å². The van der Waals surface area contributed by atoms with Crippen LogP contribution in [0.2, 0.25) is 0 Å². The van der Waals surface area contributed by atoms with Crippen LogP contribution in [0.3, 0.4) is 0 Å². The fourth-order valence-corrected chi connectivity index (χ4v) is 2.33. The van der Waals surface area contributed by atoms with Crippen LogP contribution >= 0.6 is 0 Å². The Hall–Kier alpha value is -1.31. The van der Waals surface area contributed by atoms with Crippen molar-refractivity contribution in [2.24, 2.45) is 11.3 Å². The van der Waals surface area contributed by atoms with Gasteiger partial charge in [0.2, 0.25) is 0 Å². The third kappa shape index (κ3) is 4.66. The number of carbonyl (C=O) groups is 1. The Labute approximate surface area is 123 Å². The Morgan fingerprint density at radius 3 is 2.10 bits per heavy atom. The largest absolute Gasteiger partial charge is 0.459 e. The first-order valence-corrected chi connectivity index (χ1v) is 7.40. The van der Waals surface area contributed by atoms with E-state index >= 15 is 0 Å². The first-order chi connectivity index (χ1) is 9.14. The summed E-state index contributed by atoms with van der Waals surface area (Å²) in [6, 6.07) is 9.75. The molecule has 20 heavy (non-hydrogen) atoms. The van der Waals surface area contributed by atoms with Gasteiger partial charge in [0.25, 0.3) is 0 Å². The molecule has 1 aromatic rings. The second kappa shape index (κ2) is 6.43. The van der Waals surface area contributed by atoms with Gasteiger partial charge in [-0.05, 0) is 24.8 Å². The van der Waals surface area contributed by atoms with Gasteiger partial charge in [0.1, 0.15) is 5.60 Å². The molecule has 0 saturated carbocycles. The van der Waals surface area contributed by atoms with Crippen LogP contribution < -0.4 is 0 Å². The lowest BCUT2D eigenvalue weighted by Gasteiger charge is -2.42. The number of ether oxygens (including phenoxy) is 1. The zero-order valence-electron chi connectivity index (χ0n) is 13.7. The van der Waals surface area contributed by atoms with E-state index in [2.05, 4.69) is 41.5 Å². The van der Waals surface area contributed by atoms with Gasteiger partial charge < -0.3 is 4.74 Å². The fraction of sp³-hybridized carbons (Fsp3) is 0.611. The molecule has 0 aromatic heterocycles. The molecule has 0 spiro atoms. The van der Waals surface area contributed by atoms with Crippen molar-refractivity contribution in [3.8, 4) is 0 Å². The van der Waals surface area contributed by atoms with Gasteiger partial charge in [-0.25, -0.2) is 0 Å². The Morgan fingerprint density at radius 2 is 1.65 bits per heavy atom. The van der Waals surface area contributed by atoms with Gasteiger partial charge in [-0.15, -0.1) is 0 Å². The average molecular weight is 276 g/mol. The highest BCUT2D eigenvalue weighted by atomic mass is 16.6. The summed E-state index contributed by atoms with van der Waals surface area (Å²) in [6.07, 6.45) is 1.21. The second-order valence-electron chi connectivity index (χ2n) is 7.22. The number of esters is 1. The third-order valence-corrected chi connectivity index (χ3v) is 3.91. The van der Waals surface area contributed by atoms with E-state index in [0.29, 0.717) is 12.3 Å². The van der Waals surface area contributed by atoms with Crippen LogP contribution in [0.5, 0.6) is 0 Å². The quantitative estimate of drug-likeness (QED) is 0.733. The fourth-order valence-electron chi connectivity index (χ4n) is 2.33. The number of benzene rings is 1. The van der Waals surface area contributed by atoms with Gasteiger partial charge in [-0.2, -0.15) is 0 Å². The minimum Gasteiger partial charge on any atom is -0.459 e. The highest BCUT2D eigenvalue weighted by Crippen LogP contribution is 2.38. The van der Waals surface area contributed by atoms with E-state index in [1.165, 1.54) is 0 Å². The summed E-state index contributed by atoms with van der Waals surface area (Å²) in [5.74, 6) is 0.345. The maximum atomic E-state index is 12.2. The SMILES string of the molecule is CC(C)CC(C)(OC(=O)Cc1ccccc1)C(C)(C)C. The average Bonchev–Trinajstić information content (AvgIpc) is 2.27. The predicted octanol–water partition coefficient (Wildman–Crippen LogP) is 4.62. The summed E-state index contributed by atoms with van der Waals surface area (Å²) in [5.41, 5.74) is 0.481. The Morgan fingerprint density at radius 1 is 1.10 bits per heavy atom. The van der Waals surface area contributed by atoms with Crippen LogP contribution in [-0.2, 0) is 16.0 Å². The molecule has 2 nitrogen and oxygen atoms in total. The molecule has 1 aromatic carbocycles. The zero-order chi connectivity index (χ0) is 15.4. The van der Waals surface area contributed by atoms with Crippen LogP contribution in [0.15, 0.2) is 30.3 Å². The summed E-state index contributed by atoms with van der Waals surface area (Å²) < 4.78 is 5.88. The van der Waals surface area contributed by atoms with Gasteiger partial charge in [-0.1, -0.05) is 65.0 Å². The van der Waals surface area contributed by atoms with Crippen molar-refractivity contribution in [2.75, 3.05) is 0 Å². The standard InChI is InChI=1S/C18H28O2/c1-14(2)13-18(6,17(3,4)5)20-16(19)12-15-10-8-7-9-11-15/h7-11,14H,12-13H2,1-6H3. The number of carbonyl (C=O) groups excluding carboxylic acids is 1. The smallest absolute Gasteiger partial charge is 0.310 e. The number of hydrogen-bond donors (Lipinski definition) is 0. The van der Waals surface area contributed by atoms with Gasteiger partial charge in [-0.3, -0.25) is 4.79 Å². The second-order valence-corrected chi connectivity index (χ2v) is 7.22. The predicted molar refractivity (Wildman–Crippen MR) is 83.6 cm³/mol. The summed E-state index contributed by atoms with van der Waals surface area (Å²) in [5, 5.41) is 0. The van der Waals surface area contributed by atoms with Gasteiger partial charge in [0.05, 0.1) is 6.42 Å². The molecule has 0 aliphatic heterocycles. The molecule has 1 atom stereocenters. The molecule has 1 rings (SSSR count). The molecule has 112 valence electrons. The molecule has 0 heterocycles. The van der Waals surface area contributed by atoms with Gasteiger partial charge in [0, 0.05) is 5.41 Å². The zero-order valence-corrected chi connectivity index (χ0v) is 13.7. The maximum Gasteiger partial charge on any atom is 0.310 e. The molecule has 0 fully saturated rings. The van der Waals surface area contributed by atoms with Crippen molar-refractivity contribution in [3.05, 3.63) is 35.9 Å². The van der Waals surface area contributed by atoms with Gasteiger partial charge in [0.15, 0.2) is 0 Å². The summed E-state index contributed by atoms with van der Waals surface area (Å²) in [7, 11) is 0. The number of hydrogen-bond acceptors (Lipinski definition) is 2. The van der Waals surface area contributed by atoms with Crippen LogP contribution in [0.25, 0.3) is 0 Å². The summed E-state index contributed by atoms with van der Waals surface area (Å²) in [4.78, 5) is 12.2. The third-order valence-electron chi connectivity index (χ3n) is 3.91. The molecule has 0 saturated heterocycles. The first kappa shape index (κ1) is 16.7. The maximum absolute atomic E-state index is 12.2. The lowest BCUT2D eigenvalue weighted by Crippen LogP contribution is -2.45. The molecule has 1 unspecified atom stereocenters. The van der Waals surface area contributed by atoms with E-state index < -0.39 is 5.60 Å². The first-order valence-electron chi connectivity index (χ1n) is 7.40. The van der Waals surface area contributed by atoms with Crippen molar-refractivity contribution in [3.63, 3.8) is 0 Å². The lowest BCUT2D eigenvalue weighted by molar-refractivity contribution is -0.172. The van der Waals surface area contributed by atoms with Crippen molar-refractivity contribution in [1.82, 2.24) is 0 Å². The van der Waals surface area contributed by atoms with Crippen LogP contribution in [0.1, 0.15) is 53.5 Å². The van der Waals surface area contributed by atoms with Gasteiger partial charge >= 0.3 is 5.97 Å². The Bertz CT molecular complexity index is 428. The molecular weight excluding hydrogens is 248 g/mol. The topological polar surface area (TPSA) is 26.3 Å². The molecule has 0 amide bonds. The molecule has 0 aliphatic carbocycles.